The fraction of sp³-hybridized carbons (Fsp3) is 0.429. The lowest BCUT2D eigenvalue weighted by atomic mass is 9.67. The van der Waals surface area contributed by atoms with Gasteiger partial charge in [-0.15, -0.1) is 0 Å². The number of hydrogen-bond acceptors (Lipinski definition) is 5. The van der Waals surface area contributed by atoms with Crippen LogP contribution in [0.1, 0.15) is 36.7 Å². The normalized spacial score (nSPS) is 20.9. The Morgan fingerprint density at radius 2 is 2.11 bits per heavy atom. The maximum absolute atomic E-state index is 12.4. The van der Waals surface area contributed by atoms with Crippen molar-refractivity contribution in [1.29, 1.82) is 0 Å². The molecule has 100 valence electrons. The third-order valence-electron chi connectivity index (χ3n) is 3.42. The van der Waals surface area contributed by atoms with E-state index in [2.05, 4.69) is 4.98 Å². The van der Waals surface area contributed by atoms with Gasteiger partial charge in [0, 0.05) is 18.0 Å². The zero-order valence-corrected chi connectivity index (χ0v) is 11.1. The first kappa shape index (κ1) is 13.4. The fourth-order valence-electron chi connectivity index (χ4n) is 2.32. The number of hydrogen-bond donors (Lipinski definition) is 0. The van der Waals surface area contributed by atoms with Crippen LogP contribution in [0, 0.1) is 5.92 Å². The summed E-state index contributed by atoms with van der Waals surface area (Å²) >= 11 is 0. The van der Waals surface area contributed by atoms with E-state index in [1.54, 1.807) is 20.8 Å². The van der Waals surface area contributed by atoms with E-state index in [0.29, 0.717) is 11.1 Å². The predicted octanol–water partition coefficient (Wildman–Crippen LogP) is 1.30. The molecule has 0 spiro atoms. The number of rotatable bonds is 2. The minimum absolute atomic E-state index is 0.138. The van der Waals surface area contributed by atoms with Crippen LogP contribution in [-0.4, -0.2) is 29.1 Å². The molecule has 0 aromatic carbocycles. The van der Waals surface area contributed by atoms with Crippen LogP contribution in [0.2, 0.25) is 0 Å². The lowest BCUT2D eigenvalue weighted by Crippen LogP contribution is -2.48. The molecule has 19 heavy (non-hydrogen) atoms. The van der Waals surface area contributed by atoms with E-state index < -0.39 is 28.9 Å². The molecule has 1 aliphatic carbocycles. The van der Waals surface area contributed by atoms with Gasteiger partial charge < -0.3 is 4.74 Å². The van der Waals surface area contributed by atoms with Crippen molar-refractivity contribution in [2.75, 3.05) is 6.61 Å². The highest BCUT2D eigenvalue weighted by Crippen LogP contribution is 2.36. The third kappa shape index (κ3) is 1.95. The standard InChI is InChI=1S/C14H15NO4/c1-4-19-13(18)10-11(16)8-5-6-15-7-9(8)14(2,3)12(10)17/h5-7,10H,4H2,1-3H3. The smallest absolute Gasteiger partial charge is 0.324 e. The van der Waals surface area contributed by atoms with Crippen molar-refractivity contribution in [2.24, 2.45) is 5.92 Å². The molecule has 0 aliphatic heterocycles. The van der Waals surface area contributed by atoms with Crippen LogP contribution in [0.15, 0.2) is 18.5 Å². The fourth-order valence-corrected chi connectivity index (χ4v) is 2.32. The van der Waals surface area contributed by atoms with Gasteiger partial charge >= 0.3 is 5.97 Å². The molecule has 0 radical (unpaired) electrons. The number of Topliss-reactive ketones (excluding diaryl/α,β-unsaturated/α-hetero) is 2. The number of nitrogens with zero attached hydrogens (tertiary/aromatic N) is 1. The first-order valence-electron chi connectivity index (χ1n) is 6.11. The Kier molecular flexibility index (Phi) is 3.22. The second-order valence-corrected chi connectivity index (χ2v) is 4.96. The number of aromatic nitrogens is 1. The van der Waals surface area contributed by atoms with E-state index in [1.807, 2.05) is 0 Å². The average Bonchev–Trinajstić information content (AvgIpc) is 2.37. The summed E-state index contributed by atoms with van der Waals surface area (Å²) in [5, 5.41) is 0. The lowest BCUT2D eigenvalue weighted by molar-refractivity contribution is -0.150. The van der Waals surface area contributed by atoms with Crippen molar-refractivity contribution in [2.45, 2.75) is 26.2 Å². The van der Waals surface area contributed by atoms with Crippen LogP contribution in [0.3, 0.4) is 0 Å². The van der Waals surface area contributed by atoms with E-state index in [1.165, 1.54) is 18.5 Å². The maximum atomic E-state index is 12.4. The molecule has 0 N–H and O–H groups in total. The van der Waals surface area contributed by atoms with Gasteiger partial charge in [-0.3, -0.25) is 19.4 Å². The van der Waals surface area contributed by atoms with Gasteiger partial charge in [0.25, 0.3) is 0 Å². The topological polar surface area (TPSA) is 73.3 Å². The summed E-state index contributed by atoms with van der Waals surface area (Å²) in [7, 11) is 0. The summed E-state index contributed by atoms with van der Waals surface area (Å²) in [5.74, 6) is -3.06. The molecule has 5 nitrogen and oxygen atoms in total. The van der Waals surface area contributed by atoms with Crippen LogP contribution in [0.4, 0.5) is 0 Å². The Balaban J connectivity index is 2.56. The molecule has 1 aliphatic rings. The summed E-state index contributed by atoms with van der Waals surface area (Å²) in [4.78, 5) is 40.5. The third-order valence-corrected chi connectivity index (χ3v) is 3.42. The van der Waals surface area contributed by atoms with Crippen molar-refractivity contribution in [3.8, 4) is 0 Å². The summed E-state index contributed by atoms with van der Waals surface area (Å²) in [6, 6.07) is 1.54. The highest BCUT2D eigenvalue weighted by Gasteiger charge is 2.50. The summed E-state index contributed by atoms with van der Waals surface area (Å²) < 4.78 is 4.83. The monoisotopic (exact) mass is 261 g/mol. The summed E-state index contributed by atoms with van der Waals surface area (Å²) in [6.07, 6.45) is 2.98. The zero-order valence-electron chi connectivity index (χ0n) is 11.1. The van der Waals surface area contributed by atoms with E-state index in [0.717, 1.165) is 0 Å². The van der Waals surface area contributed by atoms with Crippen molar-refractivity contribution in [1.82, 2.24) is 4.98 Å². The molecule has 0 bridgehead atoms. The van der Waals surface area contributed by atoms with E-state index in [9.17, 15) is 14.4 Å². The van der Waals surface area contributed by atoms with Crippen LogP contribution < -0.4 is 0 Å². The van der Waals surface area contributed by atoms with Crippen LogP contribution >= 0.6 is 0 Å². The minimum Gasteiger partial charge on any atom is -0.465 e. The van der Waals surface area contributed by atoms with Crippen molar-refractivity contribution >= 4 is 17.5 Å². The lowest BCUT2D eigenvalue weighted by Gasteiger charge is -2.33. The Labute approximate surface area is 111 Å². The van der Waals surface area contributed by atoms with Gasteiger partial charge in [-0.05, 0) is 32.4 Å². The molecule has 0 saturated carbocycles. The Morgan fingerprint density at radius 3 is 2.74 bits per heavy atom. The number of esters is 1. The second-order valence-electron chi connectivity index (χ2n) is 4.96. The summed E-state index contributed by atoms with van der Waals surface area (Å²) in [6.45, 7) is 5.15. The zero-order chi connectivity index (χ0) is 14.2. The maximum Gasteiger partial charge on any atom is 0.324 e. The highest BCUT2D eigenvalue weighted by molar-refractivity contribution is 6.27. The quantitative estimate of drug-likeness (QED) is 0.592. The first-order valence-corrected chi connectivity index (χ1v) is 6.11. The SMILES string of the molecule is CCOC(=O)C1C(=O)c2ccncc2C(C)(C)C1=O. The molecule has 1 aromatic rings. The number of carbonyl (C=O) groups is 3. The Bertz CT molecular complexity index is 562. The van der Waals surface area contributed by atoms with Gasteiger partial charge in [0.1, 0.15) is 0 Å². The molecule has 0 amide bonds. The first-order chi connectivity index (χ1) is 8.91. The molecule has 2 rings (SSSR count). The average molecular weight is 261 g/mol. The van der Waals surface area contributed by atoms with Gasteiger partial charge in [-0.25, -0.2) is 0 Å². The minimum atomic E-state index is -1.36. The second kappa shape index (κ2) is 4.57. The molecule has 0 saturated heterocycles. The van der Waals surface area contributed by atoms with E-state index in [4.69, 9.17) is 4.74 Å². The largest absolute Gasteiger partial charge is 0.465 e. The number of pyridine rings is 1. The Hall–Kier alpha value is -2.04. The van der Waals surface area contributed by atoms with Gasteiger partial charge in [0.2, 0.25) is 0 Å². The Morgan fingerprint density at radius 1 is 1.42 bits per heavy atom. The van der Waals surface area contributed by atoms with E-state index >= 15 is 0 Å². The molecule has 1 heterocycles. The molecule has 0 fully saturated rings. The van der Waals surface area contributed by atoms with Crippen molar-refractivity contribution < 1.29 is 19.1 Å². The molecular weight excluding hydrogens is 246 g/mol. The summed E-state index contributed by atoms with van der Waals surface area (Å²) in [5.41, 5.74) is 0.0118. The van der Waals surface area contributed by atoms with Crippen molar-refractivity contribution in [3.63, 3.8) is 0 Å². The highest BCUT2D eigenvalue weighted by atomic mass is 16.5. The number of fused-ring (bicyclic) bond motifs is 1. The number of ether oxygens (including phenoxy) is 1. The van der Waals surface area contributed by atoms with Crippen LogP contribution in [0.5, 0.6) is 0 Å². The van der Waals surface area contributed by atoms with Gasteiger partial charge in [0.05, 0.1) is 12.0 Å². The number of ketones is 2. The van der Waals surface area contributed by atoms with Gasteiger partial charge in [0.15, 0.2) is 17.5 Å². The molecular formula is C14H15NO4. The van der Waals surface area contributed by atoms with Crippen LogP contribution in [-0.2, 0) is 19.7 Å². The predicted molar refractivity (Wildman–Crippen MR) is 66.7 cm³/mol. The number of carbonyl (C=O) groups excluding carboxylic acids is 3. The molecule has 1 unspecified atom stereocenters. The molecule has 1 aromatic heterocycles. The molecule has 1 atom stereocenters. The van der Waals surface area contributed by atoms with Gasteiger partial charge in [-0.1, -0.05) is 0 Å². The van der Waals surface area contributed by atoms with Gasteiger partial charge in [-0.2, -0.15) is 0 Å². The van der Waals surface area contributed by atoms with Crippen molar-refractivity contribution in [3.05, 3.63) is 29.6 Å². The van der Waals surface area contributed by atoms with Crippen LogP contribution in [0.25, 0.3) is 0 Å². The van der Waals surface area contributed by atoms with E-state index in [-0.39, 0.29) is 6.61 Å². The molecule has 5 heteroatoms.